The Morgan fingerprint density at radius 1 is 1.11 bits per heavy atom. The molecule has 7 heteroatoms. The highest BCUT2D eigenvalue weighted by molar-refractivity contribution is 5.97. The van der Waals surface area contributed by atoms with Gasteiger partial charge in [-0.15, -0.1) is 0 Å². The molecule has 1 heterocycles. The van der Waals surface area contributed by atoms with Crippen LogP contribution in [0.2, 0.25) is 0 Å². The van der Waals surface area contributed by atoms with Gasteiger partial charge in [0.2, 0.25) is 0 Å². The number of hydrogen-bond donors (Lipinski definition) is 1. The van der Waals surface area contributed by atoms with Crippen molar-refractivity contribution in [1.29, 1.82) is 0 Å². The number of ether oxygens (including phenoxy) is 2. The number of carboxylic acids is 1. The van der Waals surface area contributed by atoms with Gasteiger partial charge in [0.15, 0.2) is 0 Å². The van der Waals surface area contributed by atoms with Crippen LogP contribution in [0.15, 0.2) is 12.1 Å². The Morgan fingerprint density at radius 2 is 1.74 bits per heavy atom. The number of carboxylic acid groups (broad SMARTS) is 1. The van der Waals surface area contributed by atoms with E-state index in [0.717, 1.165) is 36.2 Å². The van der Waals surface area contributed by atoms with Gasteiger partial charge in [0, 0.05) is 31.1 Å². The third kappa shape index (κ3) is 4.04. The fourth-order valence-electron chi connectivity index (χ4n) is 8.24. The van der Waals surface area contributed by atoms with Gasteiger partial charge in [-0.2, -0.15) is 0 Å². The summed E-state index contributed by atoms with van der Waals surface area (Å²) in [6, 6.07) is 1.97. The van der Waals surface area contributed by atoms with Crippen LogP contribution in [-0.4, -0.2) is 54.3 Å². The van der Waals surface area contributed by atoms with E-state index in [4.69, 9.17) is 9.47 Å². The summed E-state index contributed by atoms with van der Waals surface area (Å²) >= 11 is 0. The molecule has 35 heavy (non-hydrogen) atoms. The minimum Gasteiger partial charge on any atom is -0.493 e. The molecule has 0 radical (unpaired) electrons. The Labute approximate surface area is 206 Å². The summed E-state index contributed by atoms with van der Waals surface area (Å²) in [4.78, 5) is 26.6. The van der Waals surface area contributed by atoms with Crippen LogP contribution in [0.3, 0.4) is 0 Å². The molecule has 6 fully saturated rings. The minimum absolute atomic E-state index is 0.0655. The zero-order valence-electron chi connectivity index (χ0n) is 20.7. The number of likely N-dealkylation sites (tertiary alicyclic amines) is 1. The molecule has 190 valence electrons. The summed E-state index contributed by atoms with van der Waals surface area (Å²) in [5.74, 6) is 0.610. The smallest absolute Gasteiger partial charge is 0.326 e. The van der Waals surface area contributed by atoms with Gasteiger partial charge in [0.25, 0.3) is 5.91 Å². The Bertz CT molecular complexity index is 1000. The highest BCUT2D eigenvalue weighted by atomic mass is 19.1. The molecule has 1 aromatic carbocycles. The lowest BCUT2D eigenvalue weighted by atomic mass is 9.50. The second-order valence-electron chi connectivity index (χ2n) is 12.2. The summed E-state index contributed by atoms with van der Waals surface area (Å²) in [6.07, 6.45) is 9.38. The van der Waals surface area contributed by atoms with Gasteiger partial charge in [-0.25, -0.2) is 9.18 Å². The van der Waals surface area contributed by atoms with Gasteiger partial charge in [0.05, 0.1) is 18.3 Å². The van der Waals surface area contributed by atoms with Gasteiger partial charge >= 0.3 is 5.97 Å². The van der Waals surface area contributed by atoms with Crippen LogP contribution in [0, 0.1) is 34.9 Å². The van der Waals surface area contributed by atoms with E-state index >= 15 is 4.39 Å². The average Bonchev–Trinajstić information content (AvgIpc) is 3.58. The molecule has 1 amide bonds. The first-order chi connectivity index (χ1) is 16.8. The first-order valence-corrected chi connectivity index (χ1v) is 13.3. The molecule has 4 bridgehead atoms. The monoisotopic (exact) mass is 485 g/mol. The normalized spacial score (nSPS) is 37.6. The van der Waals surface area contributed by atoms with Crippen molar-refractivity contribution in [3.8, 4) is 5.75 Å². The van der Waals surface area contributed by atoms with E-state index in [1.165, 1.54) is 56.6 Å². The van der Waals surface area contributed by atoms with Gasteiger partial charge in [-0.3, -0.25) is 4.79 Å². The van der Waals surface area contributed by atoms with E-state index in [1.807, 2.05) is 0 Å². The number of carbonyl (C=O) groups excluding carboxylic acids is 1. The molecule has 7 rings (SSSR count). The molecule has 0 aromatic heterocycles. The summed E-state index contributed by atoms with van der Waals surface area (Å²) in [5.41, 5.74) is 1.04. The summed E-state index contributed by atoms with van der Waals surface area (Å²) in [7, 11) is 1.51. The molecule has 6 aliphatic rings. The molecule has 0 spiro atoms. The molecule has 3 atom stereocenters. The Morgan fingerprint density at radius 3 is 2.29 bits per heavy atom. The zero-order chi connectivity index (χ0) is 24.5. The predicted octanol–water partition coefficient (Wildman–Crippen LogP) is 4.86. The maximum atomic E-state index is 15.4. The van der Waals surface area contributed by atoms with Crippen LogP contribution in [0.1, 0.15) is 80.1 Å². The fraction of sp³-hybridized carbons (Fsp3) is 0.714. The summed E-state index contributed by atoms with van der Waals surface area (Å²) < 4.78 is 27.2. The first-order valence-electron chi connectivity index (χ1n) is 13.3. The summed E-state index contributed by atoms with van der Waals surface area (Å²) in [5, 5.41) is 9.75. The van der Waals surface area contributed by atoms with Crippen LogP contribution < -0.4 is 4.74 Å². The molecule has 5 saturated carbocycles. The van der Waals surface area contributed by atoms with E-state index < -0.39 is 29.8 Å². The largest absolute Gasteiger partial charge is 0.493 e. The number of carbonyl (C=O) groups is 2. The number of aliphatic carboxylic acids is 1. The quantitative estimate of drug-likeness (QED) is 0.597. The molecular formula is C28H36FNO5. The van der Waals surface area contributed by atoms with Crippen molar-refractivity contribution >= 4 is 11.9 Å². The number of benzene rings is 1. The lowest BCUT2D eigenvalue weighted by Gasteiger charge is -2.56. The number of hydrogen-bond acceptors (Lipinski definition) is 4. The Balaban J connectivity index is 1.25. The van der Waals surface area contributed by atoms with Gasteiger partial charge in [0.1, 0.15) is 17.6 Å². The average molecular weight is 486 g/mol. The maximum absolute atomic E-state index is 15.4. The number of nitrogens with zero attached hydrogens (tertiary/aromatic N) is 1. The third-order valence-corrected chi connectivity index (χ3v) is 9.66. The van der Waals surface area contributed by atoms with Crippen molar-refractivity contribution in [1.82, 2.24) is 4.90 Å². The molecule has 1 aliphatic heterocycles. The number of amides is 1. The van der Waals surface area contributed by atoms with Crippen molar-refractivity contribution in [2.24, 2.45) is 29.1 Å². The fourth-order valence-corrected chi connectivity index (χ4v) is 8.24. The Kier molecular flexibility index (Phi) is 5.62. The topological polar surface area (TPSA) is 76.1 Å². The summed E-state index contributed by atoms with van der Waals surface area (Å²) in [6.45, 7) is 2.52. The van der Waals surface area contributed by atoms with Crippen LogP contribution in [-0.2, 0) is 9.53 Å². The molecular weight excluding hydrogens is 449 g/mol. The molecule has 1 saturated heterocycles. The van der Waals surface area contributed by atoms with Crippen LogP contribution in [0.4, 0.5) is 4.39 Å². The number of rotatable bonds is 7. The van der Waals surface area contributed by atoms with Gasteiger partial charge < -0.3 is 19.5 Å². The first kappa shape index (κ1) is 23.3. The van der Waals surface area contributed by atoms with E-state index in [9.17, 15) is 14.7 Å². The Hall–Kier alpha value is -2.15. The third-order valence-electron chi connectivity index (χ3n) is 9.66. The highest BCUT2D eigenvalue weighted by Crippen LogP contribution is 2.60. The van der Waals surface area contributed by atoms with Crippen molar-refractivity contribution in [3.05, 3.63) is 29.1 Å². The minimum atomic E-state index is -1.09. The number of halogens is 1. The van der Waals surface area contributed by atoms with Crippen molar-refractivity contribution < 1.29 is 28.6 Å². The van der Waals surface area contributed by atoms with Crippen LogP contribution in [0.5, 0.6) is 5.75 Å². The standard InChI is InChI=1S/C28H36FNO5/c1-15-24(34-2)13-30(25(15)27(32)33)26(31)21-8-20(19-3-4-19)23(9-22(21)29)35-14-28-10-16-5-17(11-28)7-18(6-16)12-28/h8-9,15-19,24-25H,3-7,10-14H2,1-2H3,(H,32,33)/t15-,16?,17?,18?,24+,25-,28?/m0/s1. The second kappa shape index (κ2) is 8.46. The van der Waals surface area contributed by atoms with Gasteiger partial charge in [-0.05, 0) is 86.7 Å². The molecule has 1 N–H and O–H groups in total. The van der Waals surface area contributed by atoms with E-state index in [1.54, 1.807) is 13.0 Å². The maximum Gasteiger partial charge on any atom is 0.326 e. The second-order valence-corrected chi connectivity index (χ2v) is 12.2. The van der Waals surface area contributed by atoms with Crippen molar-refractivity contribution in [3.63, 3.8) is 0 Å². The van der Waals surface area contributed by atoms with Crippen LogP contribution in [0.25, 0.3) is 0 Å². The van der Waals surface area contributed by atoms with Crippen molar-refractivity contribution in [2.45, 2.75) is 76.4 Å². The van der Waals surface area contributed by atoms with E-state index in [2.05, 4.69) is 0 Å². The SMILES string of the molecule is CO[C@@H]1CN(C(=O)c2cc(C3CC3)c(OCC34CC5CC(CC(C5)C3)C4)cc2F)[C@H](C(=O)O)[C@H]1C. The number of methoxy groups -OCH3 is 1. The highest BCUT2D eigenvalue weighted by Gasteiger charge is 2.51. The molecule has 1 aromatic rings. The van der Waals surface area contributed by atoms with Crippen LogP contribution >= 0.6 is 0 Å². The van der Waals surface area contributed by atoms with E-state index in [-0.39, 0.29) is 29.4 Å². The lowest BCUT2D eigenvalue weighted by molar-refractivity contribution is -0.142. The van der Waals surface area contributed by atoms with Crippen molar-refractivity contribution in [2.75, 3.05) is 20.3 Å². The molecule has 6 nitrogen and oxygen atoms in total. The lowest BCUT2D eigenvalue weighted by Crippen LogP contribution is -2.48. The van der Waals surface area contributed by atoms with E-state index in [0.29, 0.717) is 12.4 Å². The zero-order valence-corrected chi connectivity index (χ0v) is 20.7. The predicted molar refractivity (Wildman–Crippen MR) is 127 cm³/mol. The van der Waals surface area contributed by atoms with Gasteiger partial charge in [-0.1, -0.05) is 6.92 Å². The molecule has 0 unspecified atom stereocenters. The molecule has 5 aliphatic carbocycles.